The number of rotatable bonds is 8. The van der Waals surface area contributed by atoms with Gasteiger partial charge in [0.2, 0.25) is 11.8 Å². The standard InChI is InChI=1S/C21H24N2O4/c1-4-23(15-20(24)22-17-9-7-10-18(14-17)26-2)21(25)13-12-16-8-5-6-11-19(16)27-3/h5-14H,4,15H2,1-3H3,(H,22,24)/b13-12+. The molecule has 0 spiro atoms. The molecule has 0 bridgehead atoms. The lowest BCUT2D eigenvalue weighted by atomic mass is 10.2. The molecule has 27 heavy (non-hydrogen) atoms. The van der Waals surface area contributed by atoms with E-state index < -0.39 is 0 Å². The molecule has 2 amide bonds. The number of hydrogen-bond acceptors (Lipinski definition) is 4. The number of amides is 2. The Labute approximate surface area is 159 Å². The van der Waals surface area contributed by atoms with Crippen LogP contribution in [0.1, 0.15) is 12.5 Å². The molecule has 6 heteroatoms. The van der Waals surface area contributed by atoms with E-state index in [-0.39, 0.29) is 18.4 Å². The number of nitrogens with zero attached hydrogens (tertiary/aromatic N) is 1. The zero-order chi connectivity index (χ0) is 19.6. The van der Waals surface area contributed by atoms with E-state index in [1.165, 1.54) is 11.0 Å². The van der Waals surface area contributed by atoms with Gasteiger partial charge in [0.25, 0.3) is 0 Å². The lowest BCUT2D eigenvalue weighted by Crippen LogP contribution is -2.36. The van der Waals surface area contributed by atoms with Gasteiger partial charge in [0.15, 0.2) is 0 Å². The van der Waals surface area contributed by atoms with Crippen molar-refractivity contribution in [2.75, 3.05) is 32.6 Å². The summed E-state index contributed by atoms with van der Waals surface area (Å²) in [6.45, 7) is 2.21. The summed E-state index contributed by atoms with van der Waals surface area (Å²) in [5.74, 6) is 0.810. The molecule has 0 aliphatic carbocycles. The maximum Gasteiger partial charge on any atom is 0.247 e. The van der Waals surface area contributed by atoms with Gasteiger partial charge in [-0.15, -0.1) is 0 Å². The molecule has 0 atom stereocenters. The highest BCUT2D eigenvalue weighted by molar-refractivity contribution is 5.98. The number of nitrogens with one attached hydrogen (secondary N) is 1. The van der Waals surface area contributed by atoms with Crippen molar-refractivity contribution in [3.05, 3.63) is 60.2 Å². The van der Waals surface area contributed by atoms with Gasteiger partial charge in [-0.3, -0.25) is 9.59 Å². The Hall–Kier alpha value is -3.28. The average Bonchev–Trinajstić information content (AvgIpc) is 2.70. The van der Waals surface area contributed by atoms with Crippen molar-refractivity contribution in [3.8, 4) is 11.5 Å². The van der Waals surface area contributed by atoms with Crippen molar-refractivity contribution < 1.29 is 19.1 Å². The number of hydrogen-bond donors (Lipinski definition) is 1. The fourth-order valence-electron chi connectivity index (χ4n) is 2.49. The summed E-state index contributed by atoms with van der Waals surface area (Å²) in [5, 5.41) is 2.77. The van der Waals surface area contributed by atoms with E-state index in [1.54, 1.807) is 44.6 Å². The molecule has 142 valence electrons. The Kier molecular flexibility index (Phi) is 7.43. The quantitative estimate of drug-likeness (QED) is 0.727. The molecule has 2 rings (SSSR count). The summed E-state index contributed by atoms with van der Waals surface area (Å²) < 4.78 is 10.4. The van der Waals surface area contributed by atoms with E-state index >= 15 is 0 Å². The highest BCUT2D eigenvalue weighted by atomic mass is 16.5. The van der Waals surface area contributed by atoms with Gasteiger partial charge in [-0.2, -0.15) is 0 Å². The molecule has 0 heterocycles. The van der Waals surface area contributed by atoms with E-state index in [0.29, 0.717) is 23.7 Å². The first-order valence-electron chi connectivity index (χ1n) is 8.61. The zero-order valence-electron chi connectivity index (χ0n) is 15.8. The predicted octanol–water partition coefficient (Wildman–Crippen LogP) is 3.20. The van der Waals surface area contributed by atoms with Crippen LogP contribution in [0.2, 0.25) is 0 Å². The average molecular weight is 368 g/mol. The van der Waals surface area contributed by atoms with Crippen LogP contribution in [0.4, 0.5) is 5.69 Å². The summed E-state index contributed by atoms with van der Waals surface area (Å²) in [6, 6.07) is 14.5. The fourth-order valence-corrected chi connectivity index (χ4v) is 2.49. The van der Waals surface area contributed by atoms with Crippen molar-refractivity contribution in [2.24, 2.45) is 0 Å². The number of para-hydroxylation sites is 1. The molecule has 0 aliphatic rings. The van der Waals surface area contributed by atoms with Gasteiger partial charge in [0.05, 0.1) is 14.2 Å². The summed E-state index contributed by atoms with van der Waals surface area (Å²) in [4.78, 5) is 26.2. The van der Waals surface area contributed by atoms with Gasteiger partial charge in [-0.1, -0.05) is 24.3 Å². The second-order valence-corrected chi connectivity index (χ2v) is 5.71. The largest absolute Gasteiger partial charge is 0.497 e. The van der Waals surface area contributed by atoms with Gasteiger partial charge in [-0.25, -0.2) is 0 Å². The second kappa shape index (κ2) is 10.0. The summed E-state index contributed by atoms with van der Waals surface area (Å²) >= 11 is 0. The Morgan fingerprint density at radius 1 is 1.07 bits per heavy atom. The fraction of sp³-hybridized carbons (Fsp3) is 0.238. The Bertz CT molecular complexity index is 817. The Balaban J connectivity index is 1.99. The molecule has 0 fully saturated rings. The number of ether oxygens (including phenoxy) is 2. The van der Waals surface area contributed by atoms with E-state index in [4.69, 9.17) is 9.47 Å². The molecule has 6 nitrogen and oxygen atoms in total. The SMILES string of the molecule is CCN(CC(=O)Nc1cccc(OC)c1)C(=O)/C=C/c1ccccc1OC. The van der Waals surface area contributed by atoms with Gasteiger partial charge >= 0.3 is 0 Å². The lowest BCUT2D eigenvalue weighted by molar-refractivity contribution is -0.130. The van der Waals surface area contributed by atoms with Crippen LogP contribution < -0.4 is 14.8 Å². The van der Waals surface area contributed by atoms with Crippen molar-refractivity contribution in [2.45, 2.75) is 6.92 Å². The van der Waals surface area contributed by atoms with Crippen LogP contribution in [0.25, 0.3) is 6.08 Å². The summed E-state index contributed by atoms with van der Waals surface area (Å²) in [5.41, 5.74) is 1.41. The van der Waals surface area contributed by atoms with Crippen LogP contribution in [0, 0.1) is 0 Å². The second-order valence-electron chi connectivity index (χ2n) is 5.71. The first-order chi connectivity index (χ1) is 13.1. The topological polar surface area (TPSA) is 67.9 Å². The zero-order valence-corrected chi connectivity index (χ0v) is 15.8. The van der Waals surface area contributed by atoms with Crippen LogP contribution >= 0.6 is 0 Å². The molecule has 0 saturated heterocycles. The van der Waals surface area contributed by atoms with Gasteiger partial charge in [0.1, 0.15) is 18.0 Å². The highest BCUT2D eigenvalue weighted by Gasteiger charge is 2.14. The number of anilines is 1. The lowest BCUT2D eigenvalue weighted by Gasteiger charge is -2.18. The number of carbonyl (C=O) groups excluding carboxylic acids is 2. The Morgan fingerprint density at radius 2 is 1.85 bits per heavy atom. The molecule has 0 aliphatic heterocycles. The minimum Gasteiger partial charge on any atom is -0.497 e. The van der Waals surface area contributed by atoms with Crippen LogP contribution in [0.5, 0.6) is 11.5 Å². The minimum absolute atomic E-state index is 0.0389. The smallest absolute Gasteiger partial charge is 0.247 e. The molecule has 1 N–H and O–H groups in total. The third kappa shape index (κ3) is 5.88. The molecular formula is C21H24N2O4. The first kappa shape index (κ1) is 20.0. The minimum atomic E-state index is -0.274. The van der Waals surface area contributed by atoms with Crippen LogP contribution in [0.15, 0.2) is 54.6 Å². The van der Waals surface area contributed by atoms with Gasteiger partial charge in [-0.05, 0) is 31.2 Å². The van der Waals surface area contributed by atoms with Gasteiger partial charge in [0, 0.05) is 29.9 Å². The molecular weight excluding hydrogens is 344 g/mol. The number of methoxy groups -OCH3 is 2. The third-order valence-corrected chi connectivity index (χ3v) is 3.93. The third-order valence-electron chi connectivity index (χ3n) is 3.93. The first-order valence-corrected chi connectivity index (χ1v) is 8.61. The molecule has 2 aromatic rings. The molecule has 0 aromatic heterocycles. The summed E-state index contributed by atoms with van der Waals surface area (Å²) in [7, 11) is 3.14. The van der Waals surface area contributed by atoms with Crippen molar-refractivity contribution in [1.82, 2.24) is 4.90 Å². The number of likely N-dealkylation sites (N-methyl/N-ethyl adjacent to an activating group) is 1. The van der Waals surface area contributed by atoms with Crippen molar-refractivity contribution >= 4 is 23.6 Å². The number of benzene rings is 2. The maximum atomic E-state index is 12.4. The molecule has 0 unspecified atom stereocenters. The van der Waals surface area contributed by atoms with Gasteiger partial charge < -0.3 is 19.7 Å². The maximum absolute atomic E-state index is 12.4. The van der Waals surface area contributed by atoms with E-state index in [9.17, 15) is 9.59 Å². The summed E-state index contributed by atoms with van der Waals surface area (Å²) in [6.07, 6.45) is 3.13. The molecule has 2 aromatic carbocycles. The normalized spacial score (nSPS) is 10.5. The van der Waals surface area contributed by atoms with E-state index in [2.05, 4.69) is 5.32 Å². The van der Waals surface area contributed by atoms with Crippen LogP contribution in [-0.4, -0.2) is 44.0 Å². The molecule has 0 radical (unpaired) electrons. The molecule has 0 saturated carbocycles. The van der Waals surface area contributed by atoms with Crippen LogP contribution in [0.3, 0.4) is 0 Å². The van der Waals surface area contributed by atoms with Crippen LogP contribution in [-0.2, 0) is 9.59 Å². The monoisotopic (exact) mass is 368 g/mol. The van der Waals surface area contributed by atoms with Crippen molar-refractivity contribution in [3.63, 3.8) is 0 Å². The Morgan fingerprint density at radius 3 is 2.56 bits per heavy atom. The van der Waals surface area contributed by atoms with E-state index in [1.807, 2.05) is 31.2 Å². The van der Waals surface area contributed by atoms with E-state index in [0.717, 1.165) is 5.56 Å². The number of carbonyl (C=O) groups is 2. The van der Waals surface area contributed by atoms with Crippen molar-refractivity contribution in [1.29, 1.82) is 0 Å². The predicted molar refractivity (Wildman–Crippen MR) is 106 cm³/mol. The highest BCUT2D eigenvalue weighted by Crippen LogP contribution is 2.19.